The molecule has 0 unspecified atom stereocenters. The highest BCUT2D eigenvalue weighted by molar-refractivity contribution is 5.92. The van der Waals surface area contributed by atoms with Gasteiger partial charge in [-0.05, 0) is 18.2 Å². The Morgan fingerprint density at radius 1 is 1.50 bits per heavy atom. The van der Waals surface area contributed by atoms with Crippen LogP contribution >= 0.6 is 0 Å². The maximum atomic E-state index is 13.2. The van der Waals surface area contributed by atoms with E-state index in [-0.39, 0.29) is 19.5 Å². The van der Waals surface area contributed by atoms with Crippen LogP contribution in [0.15, 0.2) is 18.2 Å². The van der Waals surface area contributed by atoms with E-state index in [1.807, 2.05) is 0 Å². The fourth-order valence-corrected chi connectivity index (χ4v) is 2.00. The van der Waals surface area contributed by atoms with Crippen molar-refractivity contribution in [1.82, 2.24) is 0 Å². The van der Waals surface area contributed by atoms with Gasteiger partial charge in [0.25, 0.3) is 5.92 Å². The summed E-state index contributed by atoms with van der Waals surface area (Å²) in [5.41, 5.74) is 6.89. The van der Waals surface area contributed by atoms with Crippen LogP contribution in [-0.2, 0) is 4.74 Å². The third-order valence-corrected chi connectivity index (χ3v) is 2.96. The Hall–Kier alpha value is -1.85. The molecule has 2 rings (SSSR count). The molecular weight excluding hydrogens is 242 g/mol. The number of nitrogens with zero attached hydrogens (tertiary/aromatic N) is 1. The molecule has 98 valence electrons. The number of benzene rings is 1. The van der Waals surface area contributed by atoms with Gasteiger partial charge in [-0.25, -0.2) is 13.6 Å². The highest BCUT2D eigenvalue weighted by Gasteiger charge is 2.38. The normalized spacial score (nSPS) is 17.8. The van der Waals surface area contributed by atoms with Crippen LogP contribution in [-0.4, -0.2) is 32.1 Å². The highest BCUT2D eigenvalue weighted by Crippen LogP contribution is 2.34. The molecular formula is C12H14F2N2O2. The van der Waals surface area contributed by atoms with Crippen LogP contribution in [0.25, 0.3) is 0 Å². The van der Waals surface area contributed by atoms with Gasteiger partial charge in [0.1, 0.15) is 0 Å². The van der Waals surface area contributed by atoms with E-state index < -0.39 is 11.9 Å². The number of hydrogen-bond acceptors (Lipinski definition) is 4. The number of esters is 1. The number of nitrogen functional groups attached to an aromatic ring is 1. The zero-order valence-corrected chi connectivity index (χ0v) is 9.95. The molecule has 0 aromatic heterocycles. The Morgan fingerprint density at radius 3 is 2.78 bits per heavy atom. The van der Waals surface area contributed by atoms with Crippen LogP contribution in [0, 0.1) is 0 Å². The van der Waals surface area contributed by atoms with Gasteiger partial charge in [-0.3, -0.25) is 0 Å². The summed E-state index contributed by atoms with van der Waals surface area (Å²) in [6, 6.07) is 4.53. The van der Waals surface area contributed by atoms with Crippen LogP contribution in [0.4, 0.5) is 20.2 Å². The van der Waals surface area contributed by atoms with Gasteiger partial charge in [-0.15, -0.1) is 0 Å². The molecule has 0 spiro atoms. The van der Waals surface area contributed by atoms with Gasteiger partial charge in [0.05, 0.1) is 30.6 Å². The lowest BCUT2D eigenvalue weighted by molar-refractivity contribution is 0.0257. The second-order valence-electron chi connectivity index (χ2n) is 4.29. The number of rotatable bonds is 2. The molecule has 1 aliphatic rings. The Balaban J connectivity index is 2.30. The maximum Gasteiger partial charge on any atom is 0.337 e. The number of ether oxygens (including phenoxy) is 1. The first-order chi connectivity index (χ1) is 8.43. The van der Waals surface area contributed by atoms with Crippen molar-refractivity contribution in [3.63, 3.8) is 0 Å². The lowest BCUT2D eigenvalue weighted by Crippen LogP contribution is -2.25. The SMILES string of the molecule is COC(=O)c1ccc(N)c(N2CCC(F)(F)C2)c1. The Kier molecular flexibility index (Phi) is 3.11. The van der Waals surface area contributed by atoms with E-state index in [1.165, 1.54) is 30.2 Å². The minimum Gasteiger partial charge on any atom is -0.465 e. The monoisotopic (exact) mass is 256 g/mol. The molecule has 0 radical (unpaired) electrons. The number of carbonyl (C=O) groups excluding carboxylic acids is 1. The molecule has 1 heterocycles. The van der Waals surface area contributed by atoms with Crippen molar-refractivity contribution in [2.45, 2.75) is 12.3 Å². The van der Waals surface area contributed by atoms with Crippen molar-refractivity contribution in [3.05, 3.63) is 23.8 Å². The number of methoxy groups -OCH3 is 1. The quantitative estimate of drug-likeness (QED) is 0.648. The van der Waals surface area contributed by atoms with Crippen molar-refractivity contribution in [2.75, 3.05) is 30.8 Å². The van der Waals surface area contributed by atoms with Crippen molar-refractivity contribution in [1.29, 1.82) is 0 Å². The molecule has 0 aliphatic carbocycles. The summed E-state index contributed by atoms with van der Waals surface area (Å²) in [5.74, 6) is -3.21. The molecule has 6 heteroatoms. The number of nitrogens with two attached hydrogens (primary N) is 1. The van der Waals surface area contributed by atoms with E-state index in [4.69, 9.17) is 5.73 Å². The maximum absolute atomic E-state index is 13.2. The average Bonchev–Trinajstić information content (AvgIpc) is 2.69. The lowest BCUT2D eigenvalue weighted by Gasteiger charge is -2.20. The Bertz CT molecular complexity index is 477. The van der Waals surface area contributed by atoms with E-state index in [0.29, 0.717) is 16.9 Å². The molecule has 1 aliphatic heterocycles. The van der Waals surface area contributed by atoms with E-state index >= 15 is 0 Å². The van der Waals surface area contributed by atoms with E-state index in [0.717, 1.165) is 0 Å². The Labute approximate surface area is 103 Å². The van der Waals surface area contributed by atoms with Crippen LogP contribution in [0.1, 0.15) is 16.8 Å². The topological polar surface area (TPSA) is 55.6 Å². The smallest absolute Gasteiger partial charge is 0.337 e. The number of alkyl halides is 2. The molecule has 4 nitrogen and oxygen atoms in total. The first-order valence-corrected chi connectivity index (χ1v) is 5.53. The van der Waals surface area contributed by atoms with Crippen LogP contribution in [0.2, 0.25) is 0 Å². The van der Waals surface area contributed by atoms with Gasteiger partial charge in [-0.2, -0.15) is 0 Å². The number of anilines is 2. The fourth-order valence-electron chi connectivity index (χ4n) is 2.00. The number of hydrogen-bond donors (Lipinski definition) is 1. The summed E-state index contributed by atoms with van der Waals surface area (Å²) in [4.78, 5) is 12.9. The largest absolute Gasteiger partial charge is 0.465 e. The van der Waals surface area contributed by atoms with Crippen molar-refractivity contribution >= 4 is 17.3 Å². The summed E-state index contributed by atoms with van der Waals surface area (Å²) in [6.45, 7) is -0.149. The number of carbonyl (C=O) groups is 1. The summed E-state index contributed by atoms with van der Waals surface area (Å²) >= 11 is 0. The van der Waals surface area contributed by atoms with Gasteiger partial charge in [-0.1, -0.05) is 0 Å². The molecule has 0 amide bonds. The second-order valence-corrected chi connectivity index (χ2v) is 4.29. The highest BCUT2D eigenvalue weighted by atomic mass is 19.3. The minimum atomic E-state index is -2.70. The molecule has 18 heavy (non-hydrogen) atoms. The van der Waals surface area contributed by atoms with Crippen LogP contribution in [0.3, 0.4) is 0 Å². The first-order valence-electron chi connectivity index (χ1n) is 5.53. The fraction of sp³-hybridized carbons (Fsp3) is 0.417. The van der Waals surface area contributed by atoms with Crippen molar-refractivity contribution in [2.24, 2.45) is 0 Å². The van der Waals surface area contributed by atoms with Crippen molar-refractivity contribution in [3.8, 4) is 0 Å². The molecule has 2 N–H and O–H groups in total. The summed E-state index contributed by atoms with van der Waals surface area (Å²) in [6.07, 6.45) is -0.200. The number of halogens is 2. The first kappa shape index (κ1) is 12.6. The molecule has 0 atom stereocenters. The second kappa shape index (κ2) is 4.44. The predicted molar refractivity (Wildman–Crippen MR) is 64.0 cm³/mol. The molecule has 1 fully saturated rings. The summed E-state index contributed by atoms with van der Waals surface area (Å²) in [7, 11) is 1.27. The van der Waals surface area contributed by atoms with E-state index in [2.05, 4.69) is 4.74 Å². The minimum absolute atomic E-state index is 0.200. The van der Waals surface area contributed by atoms with Crippen molar-refractivity contribution < 1.29 is 18.3 Å². The van der Waals surface area contributed by atoms with Gasteiger partial charge in [0, 0.05) is 13.0 Å². The van der Waals surface area contributed by atoms with E-state index in [1.54, 1.807) is 0 Å². The summed E-state index contributed by atoms with van der Waals surface area (Å²) in [5, 5.41) is 0. The zero-order valence-electron chi connectivity index (χ0n) is 9.95. The van der Waals surface area contributed by atoms with E-state index in [9.17, 15) is 13.6 Å². The molecule has 1 aromatic carbocycles. The standard InChI is InChI=1S/C12H14F2N2O2/c1-18-11(17)8-2-3-9(15)10(6-8)16-5-4-12(13,14)7-16/h2-3,6H,4-5,7,15H2,1H3. The molecule has 0 bridgehead atoms. The molecule has 1 aromatic rings. The van der Waals surface area contributed by atoms with Gasteiger partial charge < -0.3 is 15.4 Å². The van der Waals surface area contributed by atoms with Crippen LogP contribution < -0.4 is 10.6 Å². The third-order valence-electron chi connectivity index (χ3n) is 2.96. The lowest BCUT2D eigenvalue weighted by atomic mass is 10.1. The molecule has 0 saturated carbocycles. The van der Waals surface area contributed by atoms with Crippen LogP contribution in [0.5, 0.6) is 0 Å². The average molecular weight is 256 g/mol. The molecule has 1 saturated heterocycles. The van der Waals surface area contributed by atoms with Gasteiger partial charge >= 0.3 is 5.97 Å². The van der Waals surface area contributed by atoms with Gasteiger partial charge in [0.2, 0.25) is 0 Å². The zero-order chi connectivity index (χ0) is 13.3. The Morgan fingerprint density at radius 2 is 2.22 bits per heavy atom. The predicted octanol–water partition coefficient (Wildman–Crippen LogP) is 1.90. The van der Waals surface area contributed by atoms with Gasteiger partial charge in [0.15, 0.2) is 0 Å². The third kappa shape index (κ3) is 2.37. The summed E-state index contributed by atoms with van der Waals surface area (Å²) < 4.78 is 30.9.